The van der Waals surface area contributed by atoms with Gasteiger partial charge in [0.05, 0.1) is 17.9 Å². The van der Waals surface area contributed by atoms with Crippen LogP contribution >= 0.6 is 0 Å². The van der Waals surface area contributed by atoms with Gasteiger partial charge in [-0.1, -0.05) is 0 Å². The summed E-state index contributed by atoms with van der Waals surface area (Å²) in [5.74, 6) is 0.975. The van der Waals surface area contributed by atoms with Crippen molar-refractivity contribution >= 4 is 11.5 Å². The molecule has 1 unspecified atom stereocenters. The highest BCUT2D eigenvalue weighted by molar-refractivity contribution is 5.65. The van der Waals surface area contributed by atoms with E-state index >= 15 is 0 Å². The average molecular weight is 271 g/mol. The Balaban J connectivity index is 1.90. The zero-order valence-corrected chi connectivity index (χ0v) is 12.3. The molecule has 0 radical (unpaired) electrons. The van der Waals surface area contributed by atoms with Crippen LogP contribution in [-0.2, 0) is 13.5 Å². The van der Waals surface area contributed by atoms with Gasteiger partial charge < -0.3 is 10.2 Å². The summed E-state index contributed by atoms with van der Waals surface area (Å²) >= 11 is 0. The molecule has 0 aromatic carbocycles. The maximum atomic E-state index is 4.45. The van der Waals surface area contributed by atoms with Crippen LogP contribution in [0.25, 0.3) is 0 Å². The van der Waals surface area contributed by atoms with Crippen molar-refractivity contribution < 1.29 is 0 Å². The van der Waals surface area contributed by atoms with E-state index < -0.39 is 0 Å². The molecule has 1 N–H and O–H groups in total. The topological polar surface area (TPSA) is 46.0 Å². The molecule has 0 amide bonds. The van der Waals surface area contributed by atoms with Gasteiger partial charge in [-0.2, -0.15) is 5.10 Å². The quantitative estimate of drug-likeness (QED) is 0.931. The van der Waals surface area contributed by atoms with Gasteiger partial charge in [0, 0.05) is 38.6 Å². The number of hydrogen-bond acceptors (Lipinski definition) is 4. The minimum Gasteiger partial charge on any atom is -0.375 e. The van der Waals surface area contributed by atoms with Gasteiger partial charge in [-0.3, -0.25) is 4.68 Å². The molecule has 1 aliphatic carbocycles. The van der Waals surface area contributed by atoms with E-state index in [-0.39, 0.29) is 0 Å². The number of anilines is 2. The number of nitrogens with zero attached hydrogens (tertiary/aromatic N) is 4. The molecule has 5 heteroatoms. The molecule has 2 heterocycles. The van der Waals surface area contributed by atoms with Crippen LogP contribution in [-0.4, -0.2) is 28.9 Å². The van der Waals surface area contributed by atoms with E-state index in [9.17, 15) is 0 Å². The lowest BCUT2D eigenvalue weighted by Crippen LogP contribution is -2.20. The largest absolute Gasteiger partial charge is 0.375 e. The lowest BCUT2D eigenvalue weighted by Gasteiger charge is -2.26. The van der Waals surface area contributed by atoms with Gasteiger partial charge in [0.1, 0.15) is 0 Å². The van der Waals surface area contributed by atoms with E-state index in [2.05, 4.69) is 21.5 Å². The summed E-state index contributed by atoms with van der Waals surface area (Å²) < 4.78 is 2.00. The van der Waals surface area contributed by atoms with Gasteiger partial charge in [-0.05, 0) is 31.4 Å². The third kappa shape index (κ3) is 2.24. The zero-order chi connectivity index (χ0) is 14.1. The first-order chi connectivity index (χ1) is 9.66. The molecule has 0 aliphatic heterocycles. The fourth-order valence-electron chi connectivity index (χ4n) is 2.91. The van der Waals surface area contributed by atoms with Crippen molar-refractivity contribution in [1.29, 1.82) is 0 Å². The van der Waals surface area contributed by atoms with Crippen molar-refractivity contribution in [1.82, 2.24) is 14.8 Å². The highest BCUT2D eigenvalue weighted by atomic mass is 15.3. The van der Waals surface area contributed by atoms with Crippen LogP contribution in [0.5, 0.6) is 0 Å². The first-order valence-electron chi connectivity index (χ1n) is 7.06. The average Bonchev–Trinajstić information content (AvgIpc) is 2.82. The predicted molar refractivity (Wildman–Crippen MR) is 81.1 cm³/mol. The second kappa shape index (κ2) is 5.15. The van der Waals surface area contributed by atoms with Crippen molar-refractivity contribution in [3.05, 3.63) is 35.8 Å². The summed E-state index contributed by atoms with van der Waals surface area (Å²) in [4.78, 5) is 6.48. The Morgan fingerprint density at radius 2 is 2.25 bits per heavy atom. The summed E-state index contributed by atoms with van der Waals surface area (Å²) in [6.07, 6.45) is 7.29. The number of rotatable bonds is 3. The van der Waals surface area contributed by atoms with Crippen LogP contribution in [0.4, 0.5) is 11.5 Å². The third-order valence-corrected chi connectivity index (χ3v) is 3.92. The van der Waals surface area contributed by atoms with Gasteiger partial charge in [0.25, 0.3) is 0 Å². The van der Waals surface area contributed by atoms with Crippen LogP contribution in [0.1, 0.15) is 30.1 Å². The third-order valence-electron chi connectivity index (χ3n) is 3.92. The van der Waals surface area contributed by atoms with Gasteiger partial charge in [-0.25, -0.2) is 4.98 Å². The van der Waals surface area contributed by atoms with Crippen molar-refractivity contribution in [3.8, 4) is 0 Å². The zero-order valence-electron chi connectivity index (χ0n) is 12.3. The number of nitrogens with one attached hydrogen (secondary N) is 1. The maximum absolute atomic E-state index is 4.45. The van der Waals surface area contributed by atoms with E-state index in [1.807, 2.05) is 49.2 Å². The molecule has 0 fully saturated rings. The molecular weight excluding hydrogens is 250 g/mol. The van der Waals surface area contributed by atoms with Crippen molar-refractivity contribution in [2.75, 3.05) is 24.3 Å². The molecule has 0 saturated heterocycles. The number of aromatic nitrogens is 3. The van der Waals surface area contributed by atoms with Gasteiger partial charge in [0.15, 0.2) is 5.82 Å². The molecule has 0 saturated carbocycles. The Bertz CT molecular complexity index is 602. The van der Waals surface area contributed by atoms with Crippen molar-refractivity contribution in [2.45, 2.75) is 25.3 Å². The second-order valence-electron chi connectivity index (χ2n) is 5.53. The number of aryl methyl sites for hydroxylation is 1. The van der Waals surface area contributed by atoms with Crippen molar-refractivity contribution in [2.24, 2.45) is 7.05 Å². The van der Waals surface area contributed by atoms with E-state index in [1.165, 1.54) is 17.7 Å². The lowest BCUT2D eigenvalue weighted by molar-refractivity contribution is 0.571. The Hall–Kier alpha value is -2.04. The summed E-state index contributed by atoms with van der Waals surface area (Å²) in [5.41, 5.74) is 3.76. The fraction of sp³-hybridized carbons (Fsp3) is 0.467. The van der Waals surface area contributed by atoms with E-state index in [4.69, 9.17) is 0 Å². The molecule has 20 heavy (non-hydrogen) atoms. The monoisotopic (exact) mass is 271 g/mol. The number of fused-ring (bicyclic) bond motifs is 1. The summed E-state index contributed by atoms with van der Waals surface area (Å²) in [5, 5.41) is 8.04. The molecule has 0 spiro atoms. The summed E-state index contributed by atoms with van der Waals surface area (Å²) in [7, 11) is 6.06. The fourth-order valence-corrected chi connectivity index (χ4v) is 2.91. The van der Waals surface area contributed by atoms with E-state index in [0.29, 0.717) is 6.04 Å². The van der Waals surface area contributed by atoms with Crippen LogP contribution in [0.2, 0.25) is 0 Å². The second-order valence-corrected chi connectivity index (χ2v) is 5.53. The highest BCUT2D eigenvalue weighted by Gasteiger charge is 2.24. The maximum Gasteiger partial charge on any atom is 0.151 e. The lowest BCUT2D eigenvalue weighted by atomic mass is 9.93. The summed E-state index contributed by atoms with van der Waals surface area (Å²) in [6.45, 7) is 0. The van der Waals surface area contributed by atoms with E-state index in [0.717, 1.165) is 24.3 Å². The van der Waals surface area contributed by atoms with Gasteiger partial charge in [-0.15, -0.1) is 0 Å². The molecule has 3 rings (SSSR count). The Labute approximate surface area is 119 Å². The first kappa shape index (κ1) is 13.0. The molecule has 1 atom stereocenters. The normalized spacial score (nSPS) is 17.6. The van der Waals surface area contributed by atoms with Crippen LogP contribution < -0.4 is 10.2 Å². The standard InChI is InChI=1S/C15H21N5/c1-19(2)15-13(7-5-9-16-15)18-12-6-4-8-14-11(12)10-17-20(14)3/h5,7,9-10,12,18H,4,6,8H2,1-3H3. The Kier molecular flexibility index (Phi) is 3.34. The smallest absolute Gasteiger partial charge is 0.151 e. The molecule has 2 aromatic heterocycles. The van der Waals surface area contributed by atoms with E-state index in [1.54, 1.807) is 0 Å². The Morgan fingerprint density at radius 3 is 3.05 bits per heavy atom. The minimum absolute atomic E-state index is 0.329. The van der Waals surface area contributed by atoms with Crippen molar-refractivity contribution in [3.63, 3.8) is 0 Å². The van der Waals surface area contributed by atoms with Gasteiger partial charge >= 0.3 is 0 Å². The van der Waals surface area contributed by atoms with Gasteiger partial charge in [0.2, 0.25) is 0 Å². The van der Waals surface area contributed by atoms with Crippen LogP contribution in [0.15, 0.2) is 24.5 Å². The van der Waals surface area contributed by atoms with Crippen LogP contribution in [0, 0.1) is 0 Å². The first-order valence-corrected chi connectivity index (χ1v) is 7.06. The highest BCUT2D eigenvalue weighted by Crippen LogP contribution is 2.34. The summed E-state index contributed by atoms with van der Waals surface area (Å²) in [6, 6.07) is 4.39. The molecule has 106 valence electrons. The number of hydrogen-bond donors (Lipinski definition) is 1. The molecule has 5 nitrogen and oxygen atoms in total. The van der Waals surface area contributed by atoms with Crippen LogP contribution in [0.3, 0.4) is 0 Å². The predicted octanol–water partition coefficient (Wildman–Crippen LogP) is 2.37. The molecule has 1 aliphatic rings. The Morgan fingerprint density at radius 1 is 1.40 bits per heavy atom. The molecule has 0 bridgehead atoms. The minimum atomic E-state index is 0.329. The molecule has 2 aromatic rings. The number of pyridine rings is 1. The molecular formula is C15H21N5. The SMILES string of the molecule is CN(C)c1ncccc1NC1CCCc2c1cnn2C.